The maximum Gasteiger partial charge on any atom is 0.272 e. The fraction of sp³-hybridized carbons (Fsp3) is 0.160. The van der Waals surface area contributed by atoms with Gasteiger partial charge in [-0.05, 0) is 28.8 Å². The van der Waals surface area contributed by atoms with Gasteiger partial charge >= 0.3 is 0 Å². The van der Waals surface area contributed by atoms with Crippen molar-refractivity contribution in [1.29, 1.82) is 0 Å². The minimum Gasteiger partial charge on any atom is -0.482 e. The molecule has 0 saturated heterocycles. The number of amides is 3. The zero-order valence-corrected chi connectivity index (χ0v) is 18.5. The molecule has 0 unspecified atom stereocenters. The SMILES string of the molecule is O=C1COc2ccc(CNC(=O)c3ncnc4c(C(=O)N5Cc6ccccc6C5)c[nH]c34)cc2N1. The molecule has 10 heteroatoms. The van der Waals surface area contributed by atoms with E-state index in [9.17, 15) is 14.4 Å². The number of fused-ring (bicyclic) bond motifs is 3. The number of hydrogen-bond donors (Lipinski definition) is 3. The van der Waals surface area contributed by atoms with E-state index in [2.05, 4.69) is 25.6 Å². The second-order valence-electron chi connectivity index (χ2n) is 8.43. The lowest BCUT2D eigenvalue weighted by Crippen LogP contribution is -2.26. The fourth-order valence-corrected chi connectivity index (χ4v) is 4.43. The number of carbonyl (C=O) groups excluding carboxylic acids is 3. The van der Waals surface area contributed by atoms with Crippen molar-refractivity contribution in [2.45, 2.75) is 19.6 Å². The van der Waals surface area contributed by atoms with Gasteiger partial charge < -0.3 is 25.3 Å². The van der Waals surface area contributed by atoms with Gasteiger partial charge in [0.15, 0.2) is 12.3 Å². The summed E-state index contributed by atoms with van der Waals surface area (Å²) in [5, 5.41) is 5.58. The molecule has 3 amide bonds. The van der Waals surface area contributed by atoms with Gasteiger partial charge in [0.25, 0.3) is 17.7 Å². The molecule has 0 fully saturated rings. The molecule has 4 aromatic rings. The minimum atomic E-state index is -0.412. The van der Waals surface area contributed by atoms with Crippen LogP contribution in [0.15, 0.2) is 55.0 Å². The molecule has 2 aliphatic rings. The van der Waals surface area contributed by atoms with E-state index in [0.717, 1.165) is 16.7 Å². The van der Waals surface area contributed by atoms with Crippen molar-refractivity contribution in [3.63, 3.8) is 0 Å². The first-order valence-corrected chi connectivity index (χ1v) is 11.1. The normalized spacial score (nSPS) is 14.2. The number of nitrogens with one attached hydrogen (secondary N) is 3. The Morgan fingerprint density at radius 3 is 2.69 bits per heavy atom. The molecule has 2 aromatic heterocycles. The monoisotopic (exact) mass is 468 g/mol. The number of aromatic amines is 1. The van der Waals surface area contributed by atoms with Gasteiger partial charge in [-0.25, -0.2) is 9.97 Å². The zero-order chi connectivity index (χ0) is 23.9. The maximum absolute atomic E-state index is 13.2. The van der Waals surface area contributed by atoms with E-state index < -0.39 is 5.91 Å². The lowest BCUT2D eigenvalue weighted by molar-refractivity contribution is -0.118. The van der Waals surface area contributed by atoms with Crippen LogP contribution in [0, 0.1) is 0 Å². The van der Waals surface area contributed by atoms with Crippen LogP contribution in [0.25, 0.3) is 11.0 Å². The molecular formula is C25H20N6O4. The van der Waals surface area contributed by atoms with Crippen LogP contribution in [0.4, 0.5) is 5.69 Å². The first-order valence-electron chi connectivity index (χ1n) is 11.1. The van der Waals surface area contributed by atoms with Gasteiger partial charge in [0.05, 0.1) is 16.8 Å². The summed E-state index contributed by atoms with van der Waals surface area (Å²) in [6, 6.07) is 13.3. The maximum atomic E-state index is 13.2. The Morgan fingerprint density at radius 2 is 1.89 bits per heavy atom. The molecule has 6 rings (SSSR count). The lowest BCUT2D eigenvalue weighted by atomic mass is 10.1. The molecule has 0 spiro atoms. The Labute approximate surface area is 199 Å². The summed E-state index contributed by atoms with van der Waals surface area (Å²) in [5.74, 6) is -0.209. The summed E-state index contributed by atoms with van der Waals surface area (Å²) in [7, 11) is 0. The molecule has 2 aliphatic heterocycles. The quantitative estimate of drug-likeness (QED) is 0.422. The van der Waals surface area contributed by atoms with Crippen LogP contribution < -0.4 is 15.4 Å². The van der Waals surface area contributed by atoms with Gasteiger partial charge in [-0.3, -0.25) is 14.4 Å². The van der Waals surface area contributed by atoms with E-state index in [1.807, 2.05) is 30.3 Å². The van der Waals surface area contributed by atoms with Crippen LogP contribution in [0.2, 0.25) is 0 Å². The topological polar surface area (TPSA) is 129 Å². The molecule has 35 heavy (non-hydrogen) atoms. The average Bonchev–Trinajstić information content (AvgIpc) is 3.51. The van der Waals surface area contributed by atoms with Gasteiger partial charge in [-0.2, -0.15) is 0 Å². The summed E-state index contributed by atoms with van der Waals surface area (Å²) in [5.41, 5.74) is 4.95. The van der Waals surface area contributed by atoms with E-state index in [4.69, 9.17) is 4.74 Å². The average molecular weight is 468 g/mol. The number of benzene rings is 2. The third-order valence-corrected chi connectivity index (χ3v) is 6.17. The van der Waals surface area contributed by atoms with Gasteiger partial charge in [0.1, 0.15) is 17.6 Å². The number of H-pyrrole nitrogens is 1. The Kier molecular flexibility index (Phi) is 4.91. The van der Waals surface area contributed by atoms with Crippen LogP contribution in [0.3, 0.4) is 0 Å². The van der Waals surface area contributed by atoms with E-state index in [-0.39, 0.29) is 30.7 Å². The van der Waals surface area contributed by atoms with Crippen molar-refractivity contribution in [1.82, 2.24) is 25.2 Å². The van der Waals surface area contributed by atoms with Crippen molar-refractivity contribution in [2.24, 2.45) is 0 Å². The summed E-state index contributed by atoms with van der Waals surface area (Å²) in [6.07, 6.45) is 2.86. The second-order valence-corrected chi connectivity index (χ2v) is 8.43. The highest BCUT2D eigenvalue weighted by Gasteiger charge is 2.27. The first kappa shape index (κ1) is 20.8. The Hall–Kier alpha value is -4.73. The lowest BCUT2D eigenvalue weighted by Gasteiger charge is -2.18. The highest BCUT2D eigenvalue weighted by atomic mass is 16.5. The van der Waals surface area contributed by atoms with Crippen molar-refractivity contribution < 1.29 is 19.1 Å². The Bertz CT molecular complexity index is 1490. The van der Waals surface area contributed by atoms with Crippen molar-refractivity contribution in [2.75, 3.05) is 11.9 Å². The van der Waals surface area contributed by atoms with E-state index in [0.29, 0.717) is 41.1 Å². The largest absolute Gasteiger partial charge is 0.482 e. The van der Waals surface area contributed by atoms with E-state index in [1.54, 1.807) is 23.2 Å². The fourth-order valence-electron chi connectivity index (χ4n) is 4.43. The highest BCUT2D eigenvalue weighted by molar-refractivity contribution is 6.10. The zero-order valence-electron chi connectivity index (χ0n) is 18.5. The van der Waals surface area contributed by atoms with Crippen LogP contribution in [-0.2, 0) is 24.4 Å². The van der Waals surface area contributed by atoms with Crippen molar-refractivity contribution in [3.05, 3.63) is 82.9 Å². The number of rotatable bonds is 4. The van der Waals surface area contributed by atoms with Crippen LogP contribution in [-0.4, -0.2) is 44.2 Å². The summed E-state index contributed by atoms with van der Waals surface area (Å²) in [4.78, 5) is 50.9. The minimum absolute atomic E-state index is 0.0157. The Morgan fingerprint density at radius 1 is 1.09 bits per heavy atom. The predicted molar refractivity (Wildman–Crippen MR) is 126 cm³/mol. The second kappa shape index (κ2) is 8.24. The molecular weight excluding hydrogens is 448 g/mol. The van der Waals surface area contributed by atoms with E-state index >= 15 is 0 Å². The summed E-state index contributed by atoms with van der Waals surface area (Å²) < 4.78 is 5.36. The molecule has 0 radical (unpaired) electrons. The number of aromatic nitrogens is 3. The highest BCUT2D eigenvalue weighted by Crippen LogP contribution is 2.29. The van der Waals surface area contributed by atoms with Crippen LogP contribution in [0.5, 0.6) is 5.75 Å². The molecule has 10 nitrogen and oxygen atoms in total. The number of hydrogen-bond acceptors (Lipinski definition) is 6. The molecule has 0 aliphatic carbocycles. The van der Waals surface area contributed by atoms with Gasteiger partial charge in [0, 0.05) is 25.8 Å². The van der Waals surface area contributed by atoms with Gasteiger partial charge in [0.2, 0.25) is 0 Å². The van der Waals surface area contributed by atoms with Crippen LogP contribution in [0.1, 0.15) is 37.5 Å². The predicted octanol–water partition coefficient (Wildman–Crippen LogP) is 2.37. The van der Waals surface area contributed by atoms with Gasteiger partial charge in [-0.15, -0.1) is 0 Å². The number of ether oxygens (including phenoxy) is 1. The molecule has 4 heterocycles. The summed E-state index contributed by atoms with van der Waals surface area (Å²) in [6.45, 7) is 1.27. The van der Waals surface area contributed by atoms with Gasteiger partial charge in [-0.1, -0.05) is 30.3 Å². The van der Waals surface area contributed by atoms with Crippen molar-refractivity contribution >= 4 is 34.4 Å². The van der Waals surface area contributed by atoms with Crippen molar-refractivity contribution in [3.8, 4) is 5.75 Å². The molecule has 0 bridgehead atoms. The van der Waals surface area contributed by atoms with Crippen LogP contribution >= 0.6 is 0 Å². The number of anilines is 1. The number of nitrogens with zero attached hydrogens (tertiary/aromatic N) is 3. The molecule has 174 valence electrons. The third kappa shape index (κ3) is 3.74. The molecule has 0 atom stereocenters. The molecule has 3 N–H and O–H groups in total. The molecule has 2 aromatic carbocycles. The smallest absolute Gasteiger partial charge is 0.272 e. The third-order valence-electron chi connectivity index (χ3n) is 6.17. The molecule has 0 saturated carbocycles. The van der Waals surface area contributed by atoms with E-state index in [1.165, 1.54) is 6.33 Å². The standard InChI is InChI=1S/C25H20N6O4/c32-20-12-35-19-6-5-14(7-18(19)30-20)8-27-24(33)23-22-21(28-13-29-23)17(9-26-22)25(34)31-10-15-3-1-2-4-16(15)11-31/h1-7,9,13,26H,8,10-12H2,(H,27,33)(H,30,32). The number of carbonyl (C=O) groups is 3. The first-order chi connectivity index (χ1) is 17.1. The Balaban J connectivity index is 1.20. The summed E-state index contributed by atoms with van der Waals surface area (Å²) >= 11 is 0.